The standard InChI is InChI=1S/C15H25N3O2/c1-5-18(12(2)3)14-8-6-13(7-9-14)16-15(20)17(4)10-11-19/h6-9,12,19H,5,10-11H2,1-4H3,(H,16,20). The van der Waals surface area contributed by atoms with Crippen LogP contribution in [0.1, 0.15) is 20.8 Å². The molecule has 0 bridgehead atoms. The Bertz CT molecular complexity index is 418. The number of carbonyl (C=O) groups excluding carboxylic acids is 1. The lowest BCUT2D eigenvalue weighted by molar-refractivity contribution is 0.202. The molecule has 0 aliphatic carbocycles. The van der Waals surface area contributed by atoms with Crippen LogP contribution in [0, 0.1) is 0 Å². The predicted molar refractivity (Wildman–Crippen MR) is 83.3 cm³/mol. The molecule has 0 aliphatic heterocycles. The lowest BCUT2D eigenvalue weighted by Crippen LogP contribution is -2.33. The highest BCUT2D eigenvalue weighted by molar-refractivity contribution is 5.89. The van der Waals surface area contributed by atoms with E-state index in [-0.39, 0.29) is 12.6 Å². The number of likely N-dealkylation sites (N-methyl/N-ethyl adjacent to an activating group) is 1. The number of anilines is 2. The topological polar surface area (TPSA) is 55.8 Å². The molecule has 2 N–H and O–H groups in total. The lowest BCUT2D eigenvalue weighted by Gasteiger charge is -2.27. The zero-order valence-electron chi connectivity index (χ0n) is 12.8. The second kappa shape index (κ2) is 7.75. The maximum absolute atomic E-state index is 11.8. The summed E-state index contributed by atoms with van der Waals surface area (Å²) in [6, 6.07) is 8.02. The molecule has 0 fully saturated rings. The summed E-state index contributed by atoms with van der Waals surface area (Å²) in [4.78, 5) is 15.5. The highest BCUT2D eigenvalue weighted by Crippen LogP contribution is 2.20. The van der Waals surface area contributed by atoms with E-state index in [1.54, 1.807) is 7.05 Å². The van der Waals surface area contributed by atoms with Crippen molar-refractivity contribution in [3.63, 3.8) is 0 Å². The molecular weight excluding hydrogens is 254 g/mol. The molecule has 0 saturated heterocycles. The molecule has 1 aromatic carbocycles. The Morgan fingerprint density at radius 2 is 1.90 bits per heavy atom. The van der Waals surface area contributed by atoms with E-state index in [0.717, 1.165) is 17.9 Å². The molecule has 5 nitrogen and oxygen atoms in total. The molecule has 0 saturated carbocycles. The van der Waals surface area contributed by atoms with E-state index in [9.17, 15) is 4.79 Å². The van der Waals surface area contributed by atoms with Gasteiger partial charge in [-0.1, -0.05) is 0 Å². The molecule has 2 amide bonds. The van der Waals surface area contributed by atoms with E-state index in [2.05, 4.69) is 31.0 Å². The maximum atomic E-state index is 11.8. The van der Waals surface area contributed by atoms with Gasteiger partial charge in [-0.25, -0.2) is 4.79 Å². The van der Waals surface area contributed by atoms with Crippen molar-refractivity contribution in [2.45, 2.75) is 26.8 Å². The summed E-state index contributed by atoms with van der Waals surface area (Å²) in [5.74, 6) is 0. The van der Waals surface area contributed by atoms with Crippen LogP contribution in [0.4, 0.5) is 16.2 Å². The lowest BCUT2D eigenvalue weighted by atomic mass is 10.2. The summed E-state index contributed by atoms with van der Waals surface area (Å²) < 4.78 is 0. The second-order valence-electron chi connectivity index (χ2n) is 5.00. The van der Waals surface area contributed by atoms with Crippen molar-refractivity contribution in [1.29, 1.82) is 0 Å². The first-order valence-corrected chi connectivity index (χ1v) is 6.99. The molecule has 0 aromatic heterocycles. The summed E-state index contributed by atoms with van der Waals surface area (Å²) in [6.07, 6.45) is 0. The number of nitrogens with zero attached hydrogens (tertiary/aromatic N) is 2. The third kappa shape index (κ3) is 4.42. The highest BCUT2D eigenvalue weighted by atomic mass is 16.3. The first kappa shape index (κ1) is 16.3. The van der Waals surface area contributed by atoms with E-state index < -0.39 is 0 Å². The zero-order valence-corrected chi connectivity index (χ0v) is 12.8. The number of urea groups is 1. The van der Waals surface area contributed by atoms with Crippen molar-refractivity contribution in [3.05, 3.63) is 24.3 Å². The molecule has 0 heterocycles. The molecule has 5 heteroatoms. The summed E-state index contributed by atoms with van der Waals surface area (Å²) in [5.41, 5.74) is 1.90. The molecule has 20 heavy (non-hydrogen) atoms. The minimum Gasteiger partial charge on any atom is -0.395 e. The number of aliphatic hydroxyl groups is 1. The quantitative estimate of drug-likeness (QED) is 0.840. The normalized spacial score (nSPS) is 10.5. The summed E-state index contributed by atoms with van der Waals surface area (Å²) in [7, 11) is 1.65. The van der Waals surface area contributed by atoms with Crippen LogP contribution in [-0.4, -0.2) is 48.8 Å². The van der Waals surface area contributed by atoms with E-state index in [1.165, 1.54) is 4.90 Å². The van der Waals surface area contributed by atoms with Gasteiger partial charge in [0.05, 0.1) is 6.61 Å². The van der Waals surface area contributed by atoms with Gasteiger partial charge in [0.15, 0.2) is 0 Å². The number of aliphatic hydroxyl groups excluding tert-OH is 1. The van der Waals surface area contributed by atoms with Gasteiger partial charge >= 0.3 is 6.03 Å². The minimum absolute atomic E-state index is 0.0390. The van der Waals surface area contributed by atoms with Crippen LogP contribution < -0.4 is 10.2 Å². The van der Waals surface area contributed by atoms with Crippen LogP contribution in [0.5, 0.6) is 0 Å². The molecule has 0 unspecified atom stereocenters. The van der Waals surface area contributed by atoms with Crippen molar-refractivity contribution < 1.29 is 9.90 Å². The van der Waals surface area contributed by atoms with Gasteiger partial charge in [-0.2, -0.15) is 0 Å². The SMILES string of the molecule is CCN(c1ccc(NC(=O)N(C)CCO)cc1)C(C)C. The summed E-state index contributed by atoms with van der Waals surface area (Å²) >= 11 is 0. The minimum atomic E-state index is -0.219. The van der Waals surface area contributed by atoms with Crippen LogP contribution in [0.3, 0.4) is 0 Å². The fraction of sp³-hybridized carbons (Fsp3) is 0.533. The Hall–Kier alpha value is -1.75. The van der Waals surface area contributed by atoms with Gasteiger partial charge in [-0.05, 0) is 45.0 Å². The molecule has 0 radical (unpaired) electrons. The Labute approximate surface area is 121 Å². The van der Waals surface area contributed by atoms with Crippen LogP contribution in [0.2, 0.25) is 0 Å². The van der Waals surface area contributed by atoms with Crippen LogP contribution in [-0.2, 0) is 0 Å². The summed E-state index contributed by atoms with van der Waals surface area (Å²) in [5, 5.41) is 11.6. The average molecular weight is 279 g/mol. The van der Waals surface area contributed by atoms with Crippen LogP contribution in [0.25, 0.3) is 0 Å². The number of nitrogens with one attached hydrogen (secondary N) is 1. The van der Waals surface area contributed by atoms with E-state index in [4.69, 9.17) is 5.11 Å². The molecule has 1 rings (SSSR count). The Balaban J connectivity index is 2.69. The number of amides is 2. The number of benzene rings is 1. The smallest absolute Gasteiger partial charge is 0.321 e. The predicted octanol–water partition coefficient (Wildman–Crippen LogP) is 2.38. The molecular formula is C15H25N3O2. The van der Waals surface area contributed by atoms with Gasteiger partial charge in [-0.15, -0.1) is 0 Å². The fourth-order valence-electron chi connectivity index (χ4n) is 2.05. The van der Waals surface area contributed by atoms with Gasteiger partial charge < -0.3 is 20.2 Å². The Kier molecular flexibility index (Phi) is 6.31. The number of carbonyl (C=O) groups is 1. The van der Waals surface area contributed by atoms with Crippen LogP contribution >= 0.6 is 0 Å². The summed E-state index contributed by atoms with van der Waals surface area (Å²) in [6.45, 7) is 7.66. The zero-order chi connectivity index (χ0) is 15.1. The highest BCUT2D eigenvalue weighted by Gasteiger charge is 2.10. The fourth-order valence-corrected chi connectivity index (χ4v) is 2.05. The van der Waals surface area contributed by atoms with Gasteiger partial charge in [0.25, 0.3) is 0 Å². The van der Waals surface area contributed by atoms with Crippen molar-refractivity contribution >= 4 is 17.4 Å². The largest absolute Gasteiger partial charge is 0.395 e. The van der Waals surface area contributed by atoms with Crippen molar-refractivity contribution in [2.75, 3.05) is 37.0 Å². The van der Waals surface area contributed by atoms with Gasteiger partial charge in [0.2, 0.25) is 0 Å². The first-order valence-electron chi connectivity index (χ1n) is 6.99. The average Bonchev–Trinajstić information content (AvgIpc) is 2.41. The molecule has 0 aliphatic rings. The number of hydrogen-bond donors (Lipinski definition) is 2. The van der Waals surface area contributed by atoms with Gasteiger partial charge in [0, 0.05) is 37.6 Å². The van der Waals surface area contributed by atoms with E-state index in [1.807, 2.05) is 24.3 Å². The molecule has 1 aromatic rings. The second-order valence-corrected chi connectivity index (χ2v) is 5.00. The third-order valence-electron chi connectivity index (χ3n) is 3.20. The maximum Gasteiger partial charge on any atom is 0.321 e. The van der Waals surface area contributed by atoms with Crippen molar-refractivity contribution in [1.82, 2.24) is 4.90 Å². The van der Waals surface area contributed by atoms with E-state index in [0.29, 0.717) is 12.6 Å². The number of rotatable bonds is 6. The third-order valence-corrected chi connectivity index (χ3v) is 3.20. The van der Waals surface area contributed by atoms with Gasteiger partial charge in [0.1, 0.15) is 0 Å². The molecule has 112 valence electrons. The van der Waals surface area contributed by atoms with Crippen molar-refractivity contribution in [3.8, 4) is 0 Å². The monoisotopic (exact) mass is 279 g/mol. The molecule has 0 atom stereocenters. The van der Waals surface area contributed by atoms with Crippen LogP contribution in [0.15, 0.2) is 24.3 Å². The molecule has 0 spiro atoms. The Morgan fingerprint density at radius 1 is 1.30 bits per heavy atom. The van der Waals surface area contributed by atoms with E-state index >= 15 is 0 Å². The van der Waals surface area contributed by atoms with Gasteiger partial charge in [-0.3, -0.25) is 0 Å². The van der Waals surface area contributed by atoms with Crippen molar-refractivity contribution in [2.24, 2.45) is 0 Å². The first-order chi connectivity index (χ1) is 9.49. The number of hydrogen-bond acceptors (Lipinski definition) is 3. The Morgan fingerprint density at radius 3 is 2.35 bits per heavy atom.